The summed E-state index contributed by atoms with van der Waals surface area (Å²) in [6.07, 6.45) is 4.08. The first-order valence-corrected chi connectivity index (χ1v) is 5.30. The molecular formula is C10H18N4. The Morgan fingerprint density at radius 3 is 3.14 bits per heavy atom. The number of aryl methyl sites for hydroxylation is 1. The fourth-order valence-corrected chi connectivity index (χ4v) is 1.86. The smallest absolute Gasteiger partial charge is 0.0753 e. The molecule has 0 bridgehead atoms. The Labute approximate surface area is 84.9 Å². The van der Waals surface area contributed by atoms with Crippen molar-refractivity contribution in [2.45, 2.75) is 26.4 Å². The molecule has 1 unspecified atom stereocenters. The van der Waals surface area contributed by atoms with Crippen LogP contribution < -0.4 is 10.2 Å². The predicted octanol–water partition coefficient (Wildman–Crippen LogP) is 0.701. The van der Waals surface area contributed by atoms with Gasteiger partial charge in [-0.15, -0.1) is 0 Å². The molecule has 2 heterocycles. The molecule has 1 N–H and O–H groups in total. The highest BCUT2D eigenvalue weighted by Gasteiger charge is 2.16. The van der Waals surface area contributed by atoms with Gasteiger partial charge in [0.15, 0.2) is 0 Å². The highest BCUT2D eigenvalue weighted by molar-refractivity contribution is 5.43. The van der Waals surface area contributed by atoms with E-state index in [-0.39, 0.29) is 0 Å². The summed E-state index contributed by atoms with van der Waals surface area (Å²) < 4.78 is 1.97. The van der Waals surface area contributed by atoms with Crippen LogP contribution in [0.4, 0.5) is 5.69 Å². The molecule has 1 aliphatic rings. The number of hydrogen-bond donors (Lipinski definition) is 1. The molecule has 1 saturated heterocycles. The van der Waals surface area contributed by atoms with Crippen molar-refractivity contribution in [2.75, 3.05) is 24.5 Å². The minimum Gasteiger partial charge on any atom is -0.366 e. The van der Waals surface area contributed by atoms with E-state index in [4.69, 9.17) is 0 Å². The van der Waals surface area contributed by atoms with E-state index < -0.39 is 0 Å². The average Bonchev–Trinajstić information content (AvgIpc) is 2.66. The van der Waals surface area contributed by atoms with Gasteiger partial charge >= 0.3 is 0 Å². The van der Waals surface area contributed by atoms with Crippen molar-refractivity contribution in [1.82, 2.24) is 15.1 Å². The van der Waals surface area contributed by atoms with Gasteiger partial charge in [-0.25, -0.2) is 0 Å². The lowest BCUT2D eigenvalue weighted by Gasteiger charge is -2.32. The Bertz CT molecular complexity index is 294. The first-order valence-electron chi connectivity index (χ1n) is 5.30. The summed E-state index contributed by atoms with van der Waals surface area (Å²) >= 11 is 0. The third kappa shape index (κ3) is 1.90. The van der Waals surface area contributed by atoms with Gasteiger partial charge in [0.2, 0.25) is 0 Å². The van der Waals surface area contributed by atoms with E-state index in [9.17, 15) is 0 Å². The van der Waals surface area contributed by atoms with Crippen LogP contribution in [0.2, 0.25) is 0 Å². The van der Waals surface area contributed by atoms with Gasteiger partial charge in [-0.2, -0.15) is 5.10 Å². The van der Waals surface area contributed by atoms with Crippen molar-refractivity contribution in [3.05, 3.63) is 12.4 Å². The second-order valence-electron chi connectivity index (χ2n) is 3.86. The zero-order chi connectivity index (χ0) is 9.97. The monoisotopic (exact) mass is 194 g/mol. The lowest BCUT2D eigenvalue weighted by molar-refractivity contribution is 0.484. The number of anilines is 1. The van der Waals surface area contributed by atoms with E-state index >= 15 is 0 Å². The van der Waals surface area contributed by atoms with Gasteiger partial charge in [-0.1, -0.05) is 0 Å². The van der Waals surface area contributed by atoms with E-state index in [0.717, 1.165) is 26.2 Å². The van der Waals surface area contributed by atoms with E-state index in [1.54, 1.807) is 0 Å². The summed E-state index contributed by atoms with van der Waals surface area (Å²) in [4.78, 5) is 2.39. The molecular weight excluding hydrogens is 176 g/mol. The third-order valence-electron chi connectivity index (χ3n) is 2.68. The molecule has 14 heavy (non-hydrogen) atoms. The van der Waals surface area contributed by atoms with Crippen LogP contribution in [0.25, 0.3) is 0 Å². The summed E-state index contributed by atoms with van der Waals surface area (Å²) in [6.45, 7) is 8.50. The van der Waals surface area contributed by atoms with Crippen molar-refractivity contribution in [3.63, 3.8) is 0 Å². The molecule has 0 spiro atoms. The van der Waals surface area contributed by atoms with Crippen LogP contribution in [-0.4, -0.2) is 35.5 Å². The molecule has 0 radical (unpaired) electrons. The molecule has 1 aromatic heterocycles. The summed E-state index contributed by atoms with van der Waals surface area (Å²) in [5.41, 5.74) is 1.25. The van der Waals surface area contributed by atoms with Gasteiger partial charge in [0, 0.05) is 38.4 Å². The summed E-state index contributed by atoms with van der Waals surface area (Å²) in [5.74, 6) is 0. The molecule has 4 nitrogen and oxygen atoms in total. The minimum atomic E-state index is 0.578. The number of hydrogen-bond acceptors (Lipinski definition) is 3. The standard InChI is InChI=1S/C10H18N4/c1-3-14-8-10(6-12-14)13-5-4-11-9(2)7-13/h6,8-9,11H,3-5,7H2,1-2H3. The van der Waals surface area contributed by atoms with Gasteiger partial charge in [0.1, 0.15) is 0 Å². The van der Waals surface area contributed by atoms with Crippen molar-refractivity contribution in [2.24, 2.45) is 0 Å². The van der Waals surface area contributed by atoms with Crippen LogP contribution >= 0.6 is 0 Å². The Balaban J connectivity index is 2.06. The molecule has 78 valence electrons. The lowest BCUT2D eigenvalue weighted by Crippen LogP contribution is -2.49. The van der Waals surface area contributed by atoms with Crippen LogP contribution in [0.15, 0.2) is 12.4 Å². The molecule has 2 rings (SSSR count). The maximum atomic E-state index is 4.29. The number of rotatable bonds is 2. The molecule has 0 aromatic carbocycles. The van der Waals surface area contributed by atoms with Crippen molar-refractivity contribution < 1.29 is 0 Å². The van der Waals surface area contributed by atoms with Crippen LogP contribution in [0.1, 0.15) is 13.8 Å². The average molecular weight is 194 g/mol. The molecule has 1 aromatic rings. The lowest BCUT2D eigenvalue weighted by atomic mass is 10.2. The van der Waals surface area contributed by atoms with E-state index in [1.165, 1.54) is 5.69 Å². The summed E-state index contributed by atoms with van der Waals surface area (Å²) in [7, 11) is 0. The number of piperazine rings is 1. The van der Waals surface area contributed by atoms with Gasteiger partial charge < -0.3 is 10.2 Å². The zero-order valence-electron chi connectivity index (χ0n) is 8.90. The Morgan fingerprint density at radius 1 is 1.64 bits per heavy atom. The molecule has 1 aliphatic heterocycles. The topological polar surface area (TPSA) is 33.1 Å². The second kappa shape index (κ2) is 4.00. The minimum absolute atomic E-state index is 0.578. The van der Waals surface area contributed by atoms with Crippen LogP contribution in [0.3, 0.4) is 0 Å². The number of aromatic nitrogens is 2. The van der Waals surface area contributed by atoms with Crippen LogP contribution in [-0.2, 0) is 6.54 Å². The van der Waals surface area contributed by atoms with Crippen molar-refractivity contribution in [1.29, 1.82) is 0 Å². The molecule has 0 aliphatic carbocycles. The first-order chi connectivity index (χ1) is 6.79. The Morgan fingerprint density at radius 2 is 2.50 bits per heavy atom. The third-order valence-corrected chi connectivity index (χ3v) is 2.68. The van der Waals surface area contributed by atoms with Crippen LogP contribution in [0.5, 0.6) is 0 Å². The van der Waals surface area contributed by atoms with E-state index in [1.807, 2.05) is 10.9 Å². The second-order valence-corrected chi connectivity index (χ2v) is 3.86. The fraction of sp³-hybridized carbons (Fsp3) is 0.700. The largest absolute Gasteiger partial charge is 0.366 e. The Hall–Kier alpha value is -1.03. The van der Waals surface area contributed by atoms with E-state index in [0.29, 0.717) is 6.04 Å². The number of nitrogens with one attached hydrogen (secondary N) is 1. The first kappa shape index (κ1) is 9.52. The van der Waals surface area contributed by atoms with E-state index in [2.05, 4.69) is 35.4 Å². The molecule has 0 amide bonds. The zero-order valence-corrected chi connectivity index (χ0v) is 8.90. The summed E-state index contributed by atoms with van der Waals surface area (Å²) in [6, 6.07) is 0.578. The fourth-order valence-electron chi connectivity index (χ4n) is 1.86. The SMILES string of the molecule is CCn1cc(N2CCNC(C)C2)cn1. The predicted molar refractivity (Wildman–Crippen MR) is 57.6 cm³/mol. The Kier molecular flexibility index (Phi) is 2.72. The normalized spacial score (nSPS) is 22.7. The maximum absolute atomic E-state index is 4.29. The summed E-state index contributed by atoms with van der Waals surface area (Å²) in [5, 5.41) is 7.72. The maximum Gasteiger partial charge on any atom is 0.0753 e. The van der Waals surface area contributed by atoms with Gasteiger partial charge in [0.05, 0.1) is 11.9 Å². The quantitative estimate of drug-likeness (QED) is 0.752. The molecule has 1 fully saturated rings. The molecule has 4 heteroatoms. The van der Waals surface area contributed by atoms with Gasteiger partial charge in [0.25, 0.3) is 0 Å². The number of nitrogens with zero attached hydrogens (tertiary/aromatic N) is 3. The molecule has 1 atom stereocenters. The van der Waals surface area contributed by atoms with Gasteiger partial charge in [-0.05, 0) is 13.8 Å². The molecule has 0 saturated carbocycles. The van der Waals surface area contributed by atoms with Crippen LogP contribution in [0, 0.1) is 0 Å². The highest BCUT2D eigenvalue weighted by atomic mass is 15.3. The van der Waals surface area contributed by atoms with Gasteiger partial charge in [-0.3, -0.25) is 4.68 Å². The van der Waals surface area contributed by atoms with Crippen molar-refractivity contribution in [3.8, 4) is 0 Å². The highest BCUT2D eigenvalue weighted by Crippen LogP contribution is 2.14. The van der Waals surface area contributed by atoms with Crippen molar-refractivity contribution >= 4 is 5.69 Å².